The van der Waals surface area contributed by atoms with Crippen molar-refractivity contribution in [3.63, 3.8) is 0 Å². The van der Waals surface area contributed by atoms with Gasteiger partial charge in [-0.2, -0.15) is 0 Å². The van der Waals surface area contributed by atoms with Crippen molar-refractivity contribution in [1.29, 1.82) is 0 Å². The maximum atomic E-state index is 2.63. The summed E-state index contributed by atoms with van der Waals surface area (Å²) in [5, 5.41) is 5.61. The first-order valence-electron chi connectivity index (χ1n) is 9.40. The van der Waals surface area contributed by atoms with E-state index in [2.05, 4.69) is 39.0 Å². The van der Waals surface area contributed by atoms with Crippen molar-refractivity contribution in [2.24, 2.45) is 0 Å². The molecule has 0 bridgehead atoms. The maximum absolute atomic E-state index is 2.63. The number of unbranched alkanes of at least 4 members (excludes halogenated alkanes) is 4. The smallest absolute Gasteiger partial charge is 0.0887 e. The molecule has 0 saturated heterocycles. The topological polar surface area (TPSA) is 0 Å². The maximum Gasteiger partial charge on any atom is 0.139 e. The minimum atomic E-state index is -1.31. The second-order valence-corrected chi connectivity index (χ2v) is 11.0. The molecule has 0 aromatic carbocycles. The molecule has 1 unspecified atom stereocenters. The molecule has 1 heteroatoms. The molecule has 0 fully saturated rings. The van der Waals surface area contributed by atoms with Crippen molar-refractivity contribution in [1.82, 2.24) is 0 Å². The Bertz CT molecular complexity index is 427. The lowest BCUT2D eigenvalue weighted by Crippen LogP contribution is -2.46. The van der Waals surface area contributed by atoms with Gasteiger partial charge in [-0.05, 0) is 31.7 Å². The Balaban J connectivity index is 2.16. The molecule has 0 nitrogen and oxygen atoms in total. The van der Waals surface area contributed by atoms with Crippen LogP contribution in [0.25, 0.3) is 0 Å². The minimum Gasteiger partial charge on any atom is -0.0887 e. The summed E-state index contributed by atoms with van der Waals surface area (Å²) >= 11 is 0. The van der Waals surface area contributed by atoms with Crippen molar-refractivity contribution >= 4 is 8.07 Å². The lowest BCUT2D eigenvalue weighted by atomic mass is 10.2. The summed E-state index contributed by atoms with van der Waals surface area (Å²) in [6.07, 6.45) is 21.4. The fourth-order valence-corrected chi connectivity index (χ4v) is 9.52. The van der Waals surface area contributed by atoms with Gasteiger partial charge in [0.25, 0.3) is 0 Å². The van der Waals surface area contributed by atoms with Crippen LogP contribution >= 0.6 is 0 Å². The molecule has 2 aliphatic rings. The molecule has 0 aliphatic carbocycles. The summed E-state index contributed by atoms with van der Waals surface area (Å²) in [6, 6.07) is 1.50. The van der Waals surface area contributed by atoms with E-state index in [9.17, 15) is 0 Å². The van der Waals surface area contributed by atoms with E-state index >= 15 is 0 Å². The molecule has 0 amide bonds. The molecule has 0 radical (unpaired) electrons. The third kappa shape index (κ3) is 3.44. The van der Waals surface area contributed by atoms with E-state index in [1.165, 1.54) is 70.3 Å². The van der Waals surface area contributed by atoms with E-state index in [0.29, 0.717) is 0 Å². The molecule has 0 aromatic heterocycles. The molecule has 1 atom stereocenters. The van der Waals surface area contributed by atoms with Crippen molar-refractivity contribution in [3.8, 4) is 0 Å². The highest BCUT2D eigenvalue weighted by atomic mass is 28.3. The molecule has 118 valence electrons. The Morgan fingerprint density at radius 3 is 2.29 bits per heavy atom. The van der Waals surface area contributed by atoms with Crippen LogP contribution in [0, 0.1) is 0 Å². The summed E-state index contributed by atoms with van der Waals surface area (Å²) < 4.78 is 0. The SMILES string of the molecule is CCCC/C=C1/C=C(CCCC)[Si]12CCC=C2CCCC. The summed E-state index contributed by atoms with van der Waals surface area (Å²) in [7, 11) is -1.31. The van der Waals surface area contributed by atoms with Crippen molar-refractivity contribution < 1.29 is 0 Å². The largest absolute Gasteiger partial charge is 0.139 e. The van der Waals surface area contributed by atoms with Crippen LogP contribution < -0.4 is 0 Å². The Labute approximate surface area is 133 Å². The Morgan fingerprint density at radius 2 is 1.62 bits per heavy atom. The highest BCUT2D eigenvalue weighted by Gasteiger charge is 2.49. The van der Waals surface area contributed by atoms with Crippen molar-refractivity contribution in [3.05, 3.63) is 33.8 Å². The van der Waals surface area contributed by atoms with Gasteiger partial charge >= 0.3 is 0 Å². The van der Waals surface area contributed by atoms with Gasteiger partial charge in [-0.25, -0.2) is 0 Å². The van der Waals surface area contributed by atoms with Crippen LogP contribution in [0.5, 0.6) is 0 Å². The third-order valence-electron chi connectivity index (χ3n) is 5.35. The van der Waals surface area contributed by atoms with E-state index in [1.807, 2.05) is 15.6 Å². The van der Waals surface area contributed by atoms with Gasteiger partial charge in [-0.15, -0.1) is 0 Å². The first kappa shape index (κ1) is 16.8. The van der Waals surface area contributed by atoms with Crippen LogP contribution in [-0.2, 0) is 0 Å². The lowest BCUT2D eigenvalue weighted by Gasteiger charge is -2.43. The van der Waals surface area contributed by atoms with E-state index in [0.717, 1.165) is 0 Å². The minimum absolute atomic E-state index is 1.30. The molecule has 2 aliphatic heterocycles. The second-order valence-electron chi connectivity index (χ2n) is 6.85. The van der Waals surface area contributed by atoms with E-state index in [-0.39, 0.29) is 0 Å². The standard InChI is InChI=1S/C20H34Si/c1-4-7-10-14-20-17-19(13-9-6-3)21(20)16-11-15-18(21)12-8-5-2/h14-15,17H,4-13,16H2,1-3H3/b20-14-. The van der Waals surface area contributed by atoms with Gasteiger partial charge in [0, 0.05) is 0 Å². The molecule has 0 N–H and O–H groups in total. The Morgan fingerprint density at radius 1 is 0.952 bits per heavy atom. The number of rotatable bonds is 9. The zero-order chi connectivity index (χ0) is 15.1. The molecular weight excluding hydrogens is 268 g/mol. The van der Waals surface area contributed by atoms with E-state index in [4.69, 9.17) is 0 Å². The average molecular weight is 303 g/mol. The van der Waals surface area contributed by atoms with Crippen molar-refractivity contribution in [2.75, 3.05) is 0 Å². The molecule has 0 saturated carbocycles. The summed E-state index contributed by atoms with van der Waals surface area (Å²) in [5.74, 6) is 0. The summed E-state index contributed by atoms with van der Waals surface area (Å²) in [6.45, 7) is 6.96. The lowest BCUT2D eigenvalue weighted by molar-refractivity contribution is 0.787. The van der Waals surface area contributed by atoms with Crippen LogP contribution in [-0.4, -0.2) is 8.07 Å². The van der Waals surface area contributed by atoms with Crippen LogP contribution in [0.3, 0.4) is 0 Å². The number of allylic oxidation sites excluding steroid dienone is 6. The Kier molecular flexibility index (Phi) is 6.54. The predicted molar refractivity (Wildman–Crippen MR) is 98.0 cm³/mol. The zero-order valence-electron chi connectivity index (χ0n) is 14.5. The van der Waals surface area contributed by atoms with Crippen LogP contribution in [0.1, 0.15) is 85.0 Å². The fraction of sp³-hybridized carbons (Fsp3) is 0.700. The van der Waals surface area contributed by atoms with Gasteiger partial charge in [0.2, 0.25) is 0 Å². The van der Waals surface area contributed by atoms with Gasteiger partial charge in [0.05, 0.1) is 0 Å². The van der Waals surface area contributed by atoms with Gasteiger partial charge in [0.15, 0.2) is 0 Å². The Hall–Kier alpha value is -0.563. The number of hydrogen-bond donors (Lipinski definition) is 0. The molecule has 1 spiro atoms. The summed E-state index contributed by atoms with van der Waals surface area (Å²) in [4.78, 5) is 0. The van der Waals surface area contributed by atoms with Gasteiger partial charge in [0.1, 0.15) is 8.07 Å². The molecular formula is C20H34Si. The monoisotopic (exact) mass is 302 g/mol. The average Bonchev–Trinajstić information content (AvgIpc) is 2.94. The van der Waals surface area contributed by atoms with Gasteiger partial charge < -0.3 is 0 Å². The highest BCUT2D eigenvalue weighted by molar-refractivity contribution is 7.02. The van der Waals surface area contributed by atoms with Crippen molar-refractivity contribution in [2.45, 2.75) is 91.0 Å². The zero-order valence-corrected chi connectivity index (χ0v) is 15.5. The first-order chi connectivity index (χ1) is 10.3. The van der Waals surface area contributed by atoms with Crippen LogP contribution in [0.4, 0.5) is 0 Å². The highest BCUT2D eigenvalue weighted by Crippen LogP contribution is 2.51. The summed E-state index contributed by atoms with van der Waals surface area (Å²) in [5.41, 5.74) is 0. The number of hydrogen-bond acceptors (Lipinski definition) is 0. The fourth-order valence-electron chi connectivity index (χ4n) is 4.07. The van der Waals surface area contributed by atoms with Crippen LogP contribution in [0.2, 0.25) is 6.04 Å². The molecule has 2 heterocycles. The quantitative estimate of drug-likeness (QED) is 0.324. The predicted octanol–water partition coefficient (Wildman–Crippen LogP) is 6.82. The third-order valence-corrected chi connectivity index (χ3v) is 10.8. The van der Waals surface area contributed by atoms with E-state index in [1.54, 1.807) is 0 Å². The molecule has 21 heavy (non-hydrogen) atoms. The molecule has 0 aromatic rings. The van der Waals surface area contributed by atoms with Crippen LogP contribution in [0.15, 0.2) is 33.8 Å². The normalized spacial score (nSPS) is 26.1. The van der Waals surface area contributed by atoms with Gasteiger partial charge in [-0.3, -0.25) is 0 Å². The second kappa shape index (κ2) is 8.17. The van der Waals surface area contributed by atoms with Gasteiger partial charge in [-0.1, -0.05) is 93.1 Å². The van der Waals surface area contributed by atoms with E-state index < -0.39 is 8.07 Å². The first-order valence-corrected chi connectivity index (χ1v) is 11.6. The molecule has 2 rings (SSSR count).